The lowest BCUT2D eigenvalue weighted by Gasteiger charge is -2.38. The SMILES string of the molecule is CNC1CCC(C)(C)c2c(C)cccc21. The van der Waals surface area contributed by atoms with Gasteiger partial charge in [-0.3, -0.25) is 0 Å². The van der Waals surface area contributed by atoms with Crippen molar-refractivity contribution < 1.29 is 0 Å². The van der Waals surface area contributed by atoms with E-state index in [0.29, 0.717) is 11.5 Å². The van der Waals surface area contributed by atoms with Crippen molar-refractivity contribution in [2.45, 2.75) is 45.1 Å². The molecule has 0 saturated carbocycles. The van der Waals surface area contributed by atoms with Crippen LogP contribution in [-0.4, -0.2) is 7.05 Å². The van der Waals surface area contributed by atoms with Crippen LogP contribution in [-0.2, 0) is 5.41 Å². The van der Waals surface area contributed by atoms with Gasteiger partial charge in [-0.1, -0.05) is 32.0 Å². The quantitative estimate of drug-likeness (QED) is 0.738. The van der Waals surface area contributed by atoms with Crippen LogP contribution in [0.5, 0.6) is 0 Å². The number of nitrogens with one attached hydrogen (secondary N) is 1. The first kappa shape index (κ1) is 10.7. The Morgan fingerprint density at radius 3 is 2.73 bits per heavy atom. The highest BCUT2D eigenvalue weighted by atomic mass is 14.9. The van der Waals surface area contributed by atoms with Gasteiger partial charge >= 0.3 is 0 Å². The molecule has 1 aromatic carbocycles. The Balaban J connectivity index is 2.58. The molecule has 1 unspecified atom stereocenters. The molecule has 1 aromatic rings. The molecule has 2 rings (SSSR count). The lowest BCUT2D eigenvalue weighted by molar-refractivity contribution is 0.369. The van der Waals surface area contributed by atoms with E-state index >= 15 is 0 Å². The third-order valence-electron chi connectivity index (χ3n) is 3.76. The fourth-order valence-corrected chi connectivity index (χ4v) is 2.99. The van der Waals surface area contributed by atoms with Crippen LogP contribution in [0, 0.1) is 6.92 Å². The molecule has 1 heteroatoms. The predicted octanol–water partition coefficient (Wildman–Crippen LogP) is 3.33. The molecule has 15 heavy (non-hydrogen) atoms. The third-order valence-corrected chi connectivity index (χ3v) is 3.76. The average molecular weight is 203 g/mol. The van der Waals surface area contributed by atoms with E-state index in [1.54, 1.807) is 5.56 Å². The van der Waals surface area contributed by atoms with Gasteiger partial charge in [0.25, 0.3) is 0 Å². The van der Waals surface area contributed by atoms with Crippen LogP contribution in [0.15, 0.2) is 18.2 Å². The molecule has 0 spiro atoms. The first-order valence-corrected chi connectivity index (χ1v) is 5.83. The Hall–Kier alpha value is -0.820. The maximum atomic E-state index is 3.43. The highest BCUT2D eigenvalue weighted by molar-refractivity contribution is 5.43. The first-order valence-electron chi connectivity index (χ1n) is 5.83. The summed E-state index contributed by atoms with van der Waals surface area (Å²) in [7, 11) is 2.06. The molecular formula is C14H21N. The molecule has 0 radical (unpaired) electrons. The number of hydrogen-bond acceptors (Lipinski definition) is 1. The van der Waals surface area contributed by atoms with Crippen molar-refractivity contribution in [3.05, 3.63) is 34.9 Å². The lowest BCUT2D eigenvalue weighted by atomic mass is 9.69. The molecule has 0 fully saturated rings. The van der Waals surface area contributed by atoms with Crippen molar-refractivity contribution in [3.8, 4) is 0 Å². The topological polar surface area (TPSA) is 12.0 Å². The second kappa shape index (κ2) is 3.64. The molecule has 1 atom stereocenters. The van der Waals surface area contributed by atoms with E-state index in [1.165, 1.54) is 24.0 Å². The van der Waals surface area contributed by atoms with Gasteiger partial charge in [-0.2, -0.15) is 0 Å². The Bertz CT molecular complexity index is 366. The molecule has 1 aliphatic carbocycles. The van der Waals surface area contributed by atoms with Crippen LogP contribution in [0.1, 0.15) is 49.4 Å². The maximum Gasteiger partial charge on any atom is 0.0320 e. The molecule has 0 heterocycles. The van der Waals surface area contributed by atoms with E-state index in [0.717, 1.165) is 0 Å². The van der Waals surface area contributed by atoms with Gasteiger partial charge in [0, 0.05) is 6.04 Å². The monoisotopic (exact) mass is 203 g/mol. The minimum absolute atomic E-state index is 0.341. The van der Waals surface area contributed by atoms with Crippen molar-refractivity contribution in [1.29, 1.82) is 0 Å². The Morgan fingerprint density at radius 1 is 1.33 bits per heavy atom. The standard InChI is InChI=1S/C14H21N/c1-10-6-5-7-11-12(15-4)8-9-14(2,3)13(10)11/h5-7,12,15H,8-9H2,1-4H3. The molecule has 1 N–H and O–H groups in total. The molecule has 0 aliphatic heterocycles. The second-order valence-corrected chi connectivity index (χ2v) is 5.30. The van der Waals surface area contributed by atoms with Gasteiger partial charge in [-0.05, 0) is 48.9 Å². The van der Waals surface area contributed by atoms with Crippen LogP contribution in [0.3, 0.4) is 0 Å². The normalized spacial score (nSPS) is 23.6. The van der Waals surface area contributed by atoms with Gasteiger partial charge in [0.05, 0.1) is 0 Å². The average Bonchev–Trinajstić information content (AvgIpc) is 2.17. The van der Waals surface area contributed by atoms with Crippen LogP contribution >= 0.6 is 0 Å². The van der Waals surface area contributed by atoms with Gasteiger partial charge in [-0.25, -0.2) is 0 Å². The van der Waals surface area contributed by atoms with E-state index in [9.17, 15) is 0 Å². The molecule has 0 saturated heterocycles. The van der Waals surface area contributed by atoms with E-state index in [2.05, 4.69) is 51.3 Å². The van der Waals surface area contributed by atoms with Gasteiger partial charge < -0.3 is 5.32 Å². The summed E-state index contributed by atoms with van der Waals surface area (Å²) in [5.41, 5.74) is 4.86. The van der Waals surface area contributed by atoms with Crippen molar-refractivity contribution >= 4 is 0 Å². The summed E-state index contributed by atoms with van der Waals surface area (Å²) in [5.74, 6) is 0. The minimum Gasteiger partial charge on any atom is -0.313 e. The second-order valence-electron chi connectivity index (χ2n) is 5.30. The zero-order valence-electron chi connectivity index (χ0n) is 10.2. The summed E-state index contributed by atoms with van der Waals surface area (Å²) in [6, 6.07) is 7.25. The first-order chi connectivity index (χ1) is 7.06. The summed E-state index contributed by atoms with van der Waals surface area (Å²) in [6.07, 6.45) is 2.52. The molecule has 1 nitrogen and oxygen atoms in total. The van der Waals surface area contributed by atoms with E-state index in [-0.39, 0.29) is 0 Å². The summed E-state index contributed by atoms with van der Waals surface area (Å²) in [4.78, 5) is 0. The zero-order valence-corrected chi connectivity index (χ0v) is 10.2. The van der Waals surface area contributed by atoms with Gasteiger partial charge in [0.2, 0.25) is 0 Å². The number of benzene rings is 1. The number of fused-ring (bicyclic) bond motifs is 1. The Kier molecular flexibility index (Phi) is 2.59. The van der Waals surface area contributed by atoms with Gasteiger partial charge in [0.15, 0.2) is 0 Å². The summed E-state index contributed by atoms with van der Waals surface area (Å²) < 4.78 is 0. The number of hydrogen-bond donors (Lipinski definition) is 1. The van der Waals surface area contributed by atoms with Crippen molar-refractivity contribution in [2.24, 2.45) is 0 Å². The minimum atomic E-state index is 0.341. The predicted molar refractivity (Wildman–Crippen MR) is 65.2 cm³/mol. The summed E-state index contributed by atoms with van der Waals surface area (Å²) in [5, 5.41) is 3.43. The Labute approximate surface area is 92.9 Å². The molecule has 0 bridgehead atoms. The van der Waals surface area contributed by atoms with Gasteiger partial charge in [-0.15, -0.1) is 0 Å². The van der Waals surface area contributed by atoms with Crippen LogP contribution in [0.4, 0.5) is 0 Å². The number of aryl methyl sites for hydroxylation is 1. The highest BCUT2D eigenvalue weighted by Gasteiger charge is 2.32. The molecular weight excluding hydrogens is 182 g/mol. The van der Waals surface area contributed by atoms with E-state index in [4.69, 9.17) is 0 Å². The number of rotatable bonds is 1. The lowest BCUT2D eigenvalue weighted by Crippen LogP contribution is -2.31. The van der Waals surface area contributed by atoms with Crippen LogP contribution < -0.4 is 5.32 Å². The highest BCUT2D eigenvalue weighted by Crippen LogP contribution is 2.42. The van der Waals surface area contributed by atoms with Gasteiger partial charge in [0.1, 0.15) is 0 Å². The fraction of sp³-hybridized carbons (Fsp3) is 0.571. The summed E-state index contributed by atoms with van der Waals surface area (Å²) in [6.45, 7) is 6.97. The Morgan fingerprint density at radius 2 is 2.07 bits per heavy atom. The largest absolute Gasteiger partial charge is 0.313 e. The van der Waals surface area contributed by atoms with E-state index in [1.807, 2.05) is 0 Å². The smallest absolute Gasteiger partial charge is 0.0320 e. The van der Waals surface area contributed by atoms with E-state index < -0.39 is 0 Å². The fourth-order valence-electron chi connectivity index (χ4n) is 2.99. The maximum absolute atomic E-state index is 3.43. The molecule has 82 valence electrons. The van der Waals surface area contributed by atoms with Crippen LogP contribution in [0.2, 0.25) is 0 Å². The van der Waals surface area contributed by atoms with Crippen molar-refractivity contribution in [2.75, 3.05) is 7.05 Å². The van der Waals surface area contributed by atoms with Crippen molar-refractivity contribution in [1.82, 2.24) is 5.32 Å². The summed E-state index contributed by atoms with van der Waals surface area (Å²) >= 11 is 0. The zero-order chi connectivity index (χ0) is 11.1. The van der Waals surface area contributed by atoms with Crippen molar-refractivity contribution in [3.63, 3.8) is 0 Å². The molecule has 0 aromatic heterocycles. The van der Waals surface area contributed by atoms with Crippen LogP contribution in [0.25, 0.3) is 0 Å². The molecule has 0 amide bonds. The third kappa shape index (κ3) is 1.69. The molecule has 1 aliphatic rings.